The summed E-state index contributed by atoms with van der Waals surface area (Å²) in [5.74, 6) is 1.15. The highest BCUT2D eigenvalue weighted by molar-refractivity contribution is 5.41. The fourth-order valence-electron chi connectivity index (χ4n) is 2.22. The highest BCUT2D eigenvalue weighted by Gasteiger charge is 2.09. The average Bonchev–Trinajstić information content (AvgIpc) is 2.29. The summed E-state index contributed by atoms with van der Waals surface area (Å²) in [4.78, 5) is 0. The minimum Gasteiger partial charge on any atom is -0.192 e. The molecule has 0 saturated carbocycles. The second-order valence-electron chi connectivity index (χ2n) is 5.32. The molecule has 17 heavy (non-hydrogen) atoms. The molecule has 1 heteroatoms. The van der Waals surface area contributed by atoms with Crippen LogP contribution in [0.5, 0.6) is 0 Å². The quantitative estimate of drug-likeness (QED) is 0.720. The molecule has 92 valence electrons. The molecular formula is C16H23N. The first-order valence-corrected chi connectivity index (χ1v) is 6.61. The summed E-state index contributed by atoms with van der Waals surface area (Å²) in [5, 5.41) is 9.22. The monoisotopic (exact) mass is 229 g/mol. The largest absolute Gasteiger partial charge is 0.192 e. The van der Waals surface area contributed by atoms with Gasteiger partial charge in [0, 0.05) is 0 Å². The van der Waals surface area contributed by atoms with Crippen molar-refractivity contribution in [2.24, 2.45) is 5.92 Å². The first-order valence-electron chi connectivity index (χ1n) is 6.61. The van der Waals surface area contributed by atoms with Gasteiger partial charge in [-0.2, -0.15) is 5.26 Å². The summed E-state index contributed by atoms with van der Waals surface area (Å²) in [6.45, 7) is 8.82. The van der Waals surface area contributed by atoms with E-state index < -0.39 is 0 Å². The van der Waals surface area contributed by atoms with Gasteiger partial charge in [-0.3, -0.25) is 0 Å². The van der Waals surface area contributed by atoms with E-state index in [1.807, 2.05) is 0 Å². The maximum atomic E-state index is 9.22. The lowest BCUT2D eigenvalue weighted by molar-refractivity contribution is 0.643. The zero-order chi connectivity index (χ0) is 12.8. The van der Waals surface area contributed by atoms with E-state index in [0.29, 0.717) is 11.8 Å². The number of rotatable bonds is 5. The maximum absolute atomic E-state index is 9.22. The van der Waals surface area contributed by atoms with Crippen LogP contribution < -0.4 is 0 Å². The minimum absolute atomic E-state index is 0.556. The fraction of sp³-hybridized carbons (Fsp3) is 0.562. The van der Waals surface area contributed by atoms with Crippen molar-refractivity contribution in [1.29, 1.82) is 5.26 Å². The molecule has 1 nitrogen and oxygen atoms in total. The average molecular weight is 229 g/mol. The van der Waals surface area contributed by atoms with Crippen LogP contribution in [0.3, 0.4) is 0 Å². The zero-order valence-corrected chi connectivity index (χ0v) is 11.5. The highest BCUT2D eigenvalue weighted by Crippen LogP contribution is 2.24. The Morgan fingerprint density at radius 2 is 1.94 bits per heavy atom. The first kappa shape index (κ1) is 13.8. The molecule has 0 saturated heterocycles. The lowest BCUT2D eigenvalue weighted by Gasteiger charge is -2.13. The van der Waals surface area contributed by atoms with Gasteiger partial charge in [0.25, 0.3) is 0 Å². The Morgan fingerprint density at radius 1 is 1.24 bits per heavy atom. The molecule has 0 bridgehead atoms. The summed E-state index contributed by atoms with van der Waals surface area (Å²) < 4.78 is 0. The number of hydrogen-bond acceptors (Lipinski definition) is 1. The Hall–Kier alpha value is -1.29. The molecule has 0 spiro atoms. The summed E-state index contributed by atoms with van der Waals surface area (Å²) in [7, 11) is 0. The van der Waals surface area contributed by atoms with Crippen molar-refractivity contribution in [3.63, 3.8) is 0 Å². The first-order chi connectivity index (χ1) is 8.08. The third-order valence-electron chi connectivity index (χ3n) is 3.17. The van der Waals surface area contributed by atoms with Crippen molar-refractivity contribution >= 4 is 0 Å². The van der Waals surface area contributed by atoms with Crippen LogP contribution in [0.25, 0.3) is 0 Å². The molecule has 0 fully saturated rings. The van der Waals surface area contributed by atoms with Gasteiger partial charge >= 0.3 is 0 Å². The Morgan fingerprint density at radius 3 is 2.47 bits per heavy atom. The molecule has 1 rings (SSSR count). The van der Waals surface area contributed by atoms with Crippen LogP contribution >= 0.6 is 0 Å². The predicted octanol–water partition coefficient (Wildman–Crippen LogP) is 4.66. The second-order valence-corrected chi connectivity index (χ2v) is 5.32. The summed E-state index contributed by atoms with van der Waals surface area (Å²) in [5.41, 5.74) is 3.35. The Balaban J connectivity index is 2.97. The van der Waals surface area contributed by atoms with Crippen LogP contribution in [0.4, 0.5) is 0 Å². The van der Waals surface area contributed by atoms with Crippen molar-refractivity contribution in [3.05, 3.63) is 34.9 Å². The zero-order valence-electron chi connectivity index (χ0n) is 11.5. The fourth-order valence-corrected chi connectivity index (χ4v) is 2.22. The smallest absolute Gasteiger partial charge is 0.0994 e. The lowest BCUT2D eigenvalue weighted by atomic mass is 9.91. The molecule has 1 unspecified atom stereocenters. The van der Waals surface area contributed by atoms with Crippen LogP contribution in [0.15, 0.2) is 18.2 Å². The highest BCUT2D eigenvalue weighted by atomic mass is 14.3. The summed E-state index contributed by atoms with van der Waals surface area (Å²) in [6.07, 6.45) is 3.37. The molecule has 0 radical (unpaired) electrons. The van der Waals surface area contributed by atoms with Crippen molar-refractivity contribution in [3.8, 4) is 6.07 Å². The topological polar surface area (TPSA) is 23.8 Å². The molecule has 1 aromatic carbocycles. The molecule has 1 aromatic rings. The number of nitrogens with zero attached hydrogens (tertiary/aromatic N) is 1. The Bertz CT molecular complexity index is 398. The Labute approximate surface area is 105 Å². The van der Waals surface area contributed by atoms with E-state index in [4.69, 9.17) is 0 Å². The van der Waals surface area contributed by atoms with Gasteiger partial charge < -0.3 is 0 Å². The van der Waals surface area contributed by atoms with Gasteiger partial charge in [-0.1, -0.05) is 46.2 Å². The molecule has 0 N–H and O–H groups in total. The van der Waals surface area contributed by atoms with Crippen LogP contribution in [0, 0.1) is 17.2 Å². The summed E-state index contributed by atoms with van der Waals surface area (Å²) >= 11 is 0. The number of benzene rings is 1. The molecule has 0 aliphatic carbocycles. The van der Waals surface area contributed by atoms with Gasteiger partial charge in [-0.15, -0.1) is 0 Å². The van der Waals surface area contributed by atoms with Crippen molar-refractivity contribution in [2.45, 2.75) is 52.9 Å². The van der Waals surface area contributed by atoms with Gasteiger partial charge in [-0.25, -0.2) is 0 Å². The van der Waals surface area contributed by atoms with E-state index in [1.165, 1.54) is 24.0 Å². The molecule has 0 aromatic heterocycles. The molecule has 0 aliphatic rings. The molecule has 0 aliphatic heterocycles. The van der Waals surface area contributed by atoms with Crippen molar-refractivity contribution < 1.29 is 0 Å². The maximum Gasteiger partial charge on any atom is 0.0994 e. The standard InChI is InChI=1S/C16H23N/c1-5-6-13(4)14-7-8-15(9-12(2)3)16(10-14)11-17/h7-8,10,12-13H,5-6,9H2,1-4H3. The van der Waals surface area contributed by atoms with E-state index in [1.54, 1.807) is 0 Å². The van der Waals surface area contributed by atoms with E-state index in [0.717, 1.165) is 12.0 Å². The third kappa shape index (κ3) is 3.89. The van der Waals surface area contributed by atoms with Crippen LogP contribution in [-0.4, -0.2) is 0 Å². The van der Waals surface area contributed by atoms with E-state index in [-0.39, 0.29) is 0 Å². The van der Waals surface area contributed by atoms with Crippen LogP contribution in [0.2, 0.25) is 0 Å². The third-order valence-corrected chi connectivity index (χ3v) is 3.17. The van der Waals surface area contributed by atoms with E-state index in [9.17, 15) is 5.26 Å². The summed E-state index contributed by atoms with van der Waals surface area (Å²) in [6, 6.07) is 8.75. The van der Waals surface area contributed by atoms with E-state index >= 15 is 0 Å². The van der Waals surface area contributed by atoms with Crippen LogP contribution in [0.1, 0.15) is 63.1 Å². The van der Waals surface area contributed by atoms with Gasteiger partial charge in [0.05, 0.1) is 11.6 Å². The predicted molar refractivity (Wildman–Crippen MR) is 73.0 cm³/mol. The SMILES string of the molecule is CCCC(C)c1ccc(CC(C)C)c(C#N)c1. The lowest BCUT2D eigenvalue weighted by Crippen LogP contribution is -2.00. The van der Waals surface area contributed by atoms with Gasteiger partial charge in [0.1, 0.15) is 0 Å². The molecule has 1 atom stereocenters. The minimum atomic E-state index is 0.556. The van der Waals surface area contributed by atoms with Crippen LogP contribution in [-0.2, 0) is 6.42 Å². The molecule has 0 heterocycles. The number of hydrogen-bond donors (Lipinski definition) is 0. The van der Waals surface area contributed by atoms with E-state index in [2.05, 4.69) is 52.0 Å². The normalized spacial score (nSPS) is 12.5. The van der Waals surface area contributed by atoms with Gasteiger partial charge in [0.2, 0.25) is 0 Å². The van der Waals surface area contributed by atoms with Crippen molar-refractivity contribution in [1.82, 2.24) is 0 Å². The van der Waals surface area contributed by atoms with Crippen molar-refractivity contribution in [2.75, 3.05) is 0 Å². The second kappa shape index (κ2) is 6.45. The Kier molecular flexibility index (Phi) is 5.22. The van der Waals surface area contributed by atoms with Gasteiger partial charge in [-0.05, 0) is 41.9 Å². The molecule has 0 amide bonds. The molecular weight excluding hydrogens is 206 g/mol. The number of nitriles is 1. The van der Waals surface area contributed by atoms with Gasteiger partial charge in [0.15, 0.2) is 0 Å².